The quantitative estimate of drug-likeness (QED) is 0.104. The molecule has 4 aromatic rings. The minimum Gasteiger partial charge on any atom is -0.374 e. The molecular weight excluding hydrogens is 627 g/mol. The van der Waals surface area contributed by atoms with Crippen molar-refractivity contribution in [2.45, 2.75) is 51.0 Å². The Morgan fingerprint density at radius 3 is 1.39 bits per heavy atom. The molecule has 0 aliphatic carbocycles. The van der Waals surface area contributed by atoms with Crippen LogP contribution in [0.1, 0.15) is 22.3 Å². The van der Waals surface area contributed by atoms with Crippen molar-refractivity contribution in [2.75, 3.05) is 11.0 Å². The van der Waals surface area contributed by atoms with E-state index in [4.69, 9.17) is 23.7 Å². The third kappa shape index (κ3) is 8.95. The van der Waals surface area contributed by atoms with Crippen LogP contribution in [0.3, 0.4) is 0 Å². The summed E-state index contributed by atoms with van der Waals surface area (Å²) in [5.74, 6) is 0.0304. The maximum absolute atomic E-state index is 6.68. The molecule has 5 atom stereocenters. The van der Waals surface area contributed by atoms with Gasteiger partial charge in [0.1, 0.15) is 12.2 Å². The van der Waals surface area contributed by atoms with Crippen LogP contribution in [0.2, 0.25) is 0 Å². The second kappa shape index (κ2) is 16.2. The molecule has 214 valence electrons. The number of hydrogen-bond donors (Lipinski definition) is 0. The maximum atomic E-state index is 6.68. The van der Waals surface area contributed by atoms with Crippen LogP contribution in [0.25, 0.3) is 0 Å². The van der Waals surface area contributed by atoms with E-state index in [1.54, 1.807) is 0 Å². The van der Waals surface area contributed by atoms with Gasteiger partial charge < -0.3 is 23.7 Å². The average molecular weight is 665 g/mol. The van der Waals surface area contributed by atoms with Crippen LogP contribution in [0.5, 0.6) is 0 Å². The number of ether oxygens (including phenoxy) is 5. The van der Waals surface area contributed by atoms with E-state index < -0.39 is 6.29 Å². The number of benzene rings is 4. The van der Waals surface area contributed by atoms with Crippen molar-refractivity contribution in [1.82, 2.24) is 0 Å². The molecule has 5 nitrogen and oxygen atoms in total. The second-order valence-electron chi connectivity index (χ2n) is 10.2. The Labute approximate surface area is 256 Å². The standard InChI is InChI=1S/C35H37IO5/c36-21-31-33(38-23-28-15-7-2-8-16-28)32(26-37-22-27-13-5-1-6-14-27)41-35(40-25-30-19-11-4-12-20-30)34(31)39-24-29-17-9-3-10-18-29/h1-20,31-35H,21-26H2/t31-,32+,33+,34+,35+/m0/s1. The third-order valence-electron chi connectivity index (χ3n) is 7.19. The Morgan fingerprint density at radius 1 is 0.512 bits per heavy atom. The van der Waals surface area contributed by atoms with E-state index in [9.17, 15) is 0 Å². The van der Waals surface area contributed by atoms with Gasteiger partial charge in [-0.05, 0) is 22.3 Å². The molecule has 5 rings (SSSR count). The van der Waals surface area contributed by atoms with Crippen molar-refractivity contribution < 1.29 is 23.7 Å². The Hall–Kier alpha value is -2.59. The number of hydrogen-bond acceptors (Lipinski definition) is 5. The van der Waals surface area contributed by atoms with Crippen LogP contribution in [0.4, 0.5) is 0 Å². The Kier molecular flexibility index (Phi) is 11.8. The van der Waals surface area contributed by atoms with Crippen molar-refractivity contribution in [3.63, 3.8) is 0 Å². The van der Waals surface area contributed by atoms with E-state index in [1.807, 2.05) is 72.8 Å². The normalized spacial score (nSPS) is 22.4. The summed E-state index contributed by atoms with van der Waals surface area (Å²) in [7, 11) is 0. The predicted octanol–water partition coefficient (Wildman–Crippen LogP) is 7.37. The minimum absolute atomic E-state index is 0.0304. The fraction of sp³-hybridized carbons (Fsp3) is 0.314. The van der Waals surface area contributed by atoms with Gasteiger partial charge in [-0.3, -0.25) is 0 Å². The lowest BCUT2D eigenvalue weighted by Gasteiger charge is -2.45. The molecule has 0 bridgehead atoms. The molecule has 0 saturated carbocycles. The number of halogens is 1. The van der Waals surface area contributed by atoms with Gasteiger partial charge in [-0.1, -0.05) is 144 Å². The van der Waals surface area contributed by atoms with Crippen molar-refractivity contribution >= 4 is 22.6 Å². The SMILES string of the molecule is IC[C@H]1[C@@H](OCc2ccccc2)[C@@H](COCc2ccccc2)O[C@@H](OCc2ccccc2)[C@@H]1OCc1ccccc1. The molecule has 1 aliphatic rings. The monoisotopic (exact) mass is 664 g/mol. The van der Waals surface area contributed by atoms with E-state index >= 15 is 0 Å². The van der Waals surface area contributed by atoms with Gasteiger partial charge in [-0.2, -0.15) is 0 Å². The zero-order chi connectivity index (χ0) is 28.1. The summed E-state index contributed by atoms with van der Waals surface area (Å²) >= 11 is 2.44. The molecule has 0 spiro atoms. The van der Waals surface area contributed by atoms with Crippen LogP contribution in [0.15, 0.2) is 121 Å². The summed E-state index contributed by atoms with van der Waals surface area (Å²) in [5, 5.41) is 0. The van der Waals surface area contributed by atoms with Crippen molar-refractivity contribution in [2.24, 2.45) is 5.92 Å². The summed E-state index contributed by atoms with van der Waals surface area (Å²) in [5.41, 5.74) is 4.43. The number of rotatable bonds is 14. The molecule has 0 aromatic heterocycles. The lowest BCUT2D eigenvalue weighted by atomic mass is 9.90. The molecule has 0 radical (unpaired) electrons. The Bertz CT molecular complexity index is 1260. The summed E-state index contributed by atoms with van der Waals surface area (Å²) in [6, 6.07) is 40.8. The molecule has 4 aromatic carbocycles. The first-order chi connectivity index (χ1) is 20.3. The van der Waals surface area contributed by atoms with Crippen molar-refractivity contribution in [1.29, 1.82) is 0 Å². The van der Waals surface area contributed by atoms with Gasteiger partial charge in [0.25, 0.3) is 0 Å². The van der Waals surface area contributed by atoms with E-state index in [1.165, 1.54) is 0 Å². The van der Waals surface area contributed by atoms with Crippen molar-refractivity contribution in [3.8, 4) is 0 Å². The summed E-state index contributed by atoms with van der Waals surface area (Å²) in [6.45, 7) is 2.27. The molecule has 1 heterocycles. The molecule has 41 heavy (non-hydrogen) atoms. The Balaban J connectivity index is 1.36. The molecule has 0 amide bonds. The van der Waals surface area contributed by atoms with E-state index in [2.05, 4.69) is 71.1 Å². The maximum Gasteiger partial charge on any atom is 0.185 e. The summed E-state index contributed by atoms with van der Waals surface area (Å²) < 4.78 is 33.4. The average Bonchev–Trinajstić information content (AvgIpc) is 3.04. The number of alkyl halides is 1. The van der Waals surface area contributed by atoms with E-state index in [0.717, 1.165) is 26.7 Å². The van der Waals surface area contributed by atoms with Crippen molar-refractivity contribution in [3.05, 3.63) is 144 Å². The first kappa shape index (κ1) is 29.9. The molecular formula is C35H37IO5. The molecule has 1 fully saturated rings. The van der Waals surface area contributed by atoms with Gasteiger partial charge in [0, 0.05) is 10.3 Å². The molecule has 1 saturated heterocycles. The predicted molar refractivity (Wildman–Crippen MR) is 168 cm³/mol. The van der Waals surface area contributed by atoms with Crippen LogP contribution >= 0.6 is 22.6 Å². The van der Waals surface area contributed by atoms with Gasteiger partial charge in [0.2, 0.25) is 0 Å². The van der Waals surface area contributed by atoms with Crippen LogP contribution in [-0.2, 0) is 50.1 Å². The van der Waals surface area contributed by atoms with Gasteiger partial charge in [0.05, 0.1) is 39.1 Å². The van der Waals surface area contributed by atoms with Crippen LogP contribution in [0, 0.1) is 5.92 Å². The minimum atomic E-state index is -0.569. The zero-order valence-electron chi connectivity index (χ0n) is 23.1. The van der Waals surface area contributed by atoms with E-state index in [-0.39, 0.29) is 24.2 Å². The van der Waals surface area contributed by atoms with E-state index in [0.29, 0.717) is 33.0 Å². The van der Waals surface area contributed by atoms with Gasteiger partial charge in [0.15, 0.2) is 6.29 Å². The highest BCUT2D eigenvalue weighted by Gasteiger charge is 2.47. The highest BCUT2D eigenvalue weighted by Crippen LogP contribution is 2.34. The highest BCUT2D eigenvalue weighted by atomic mass is 127. The lowest BCUT2D eigenvalue weighted by Crippen LogP contribution is -2.58. The lowest BCUT2D eigenvalue weighted by molar-refractivity contribution is -0.310. The first-order valence-electron chi connectivity index (χ1n) is 14.1. The highest BCUT2D eigenvalue weighted by molar-refractivity contribution is 14.1. The smallest absolute Gasteiger partial charge is 0.185 e. The summed E-state index contributed by atoms with van der Waals surface area (Å²) in [6.07, 6.45) is -1.44. The zero-order valence-corrected chi connectivity index (χ0v) is 25.3. The fourth-order valence-electron chi connectivity index (χ4n) is 5.02. The van der Waals surface area contributed by atoms with Gasteiger partial charge in [-0.25, -0.2) is 0 Å². The fourth-order valence-corrected chi connectivity index (χ4v) is 6.02. The van der Waals surface area contributed by atoms with Gasteiger partial charge >= 0.3 is 0 Å². The third-order valence-corrected chi connectivity index (χ3v) is 8.20. The van der Waals surface area contributed by atoms with Gasteiger partial charge in [-0.15, -0.1) is 0 Å². The van der Waals surface area contributed by atoms with Crippen LogP contribution < -0.4 is 0 Å². The van der Waals surface area contributed by atoms with Crippen LogP contribution in [-0.4, -0.2) is 35.6 Å². The summed E-state index contributed by atoms with van der Waals surface area (Å²) in [4.78, 5) is 0. The molecule has 0 N–H and O–H groups in total. The Morgan fingerprint density at radius 2 is 0.927 bits per heavy atom. The second-order valence-corrected chi connectivity index (χ2v) is 11.1. The topological polar surface area (TPSA) is 46.2 Å². The molecule has 0 unspecified atom stereocenters. The molecule has 6 heteroatoms. The largest absolute Gasteiger partial charge is 0.374 e. The first-order valence-corrected chi connectivity index (χ1v) is 15.6. The molecule has 1 aliphatic heterocycles.